The highest BCUT2D eigenvalue weighted by molar-refractivity contribution is 7.92. The molecule has 112 valence electrons. The van der Waals surface area contributed by atoms with Crippen LogP contribution in [0.25, 0.3) is 10.9 Å². The average Bonchev–Trinajstić information content (AvgIpc) is 2.87. The van der Waals surface area contributed by atoms with Gasteiger partial charge in [-0.2, -0.15) is 0 Å². The van der Waals surface area contributed by atoms with Crippen LogP contribution in [0.2, 0.25) is 5.02 Å². The molecule has 7 heteroatoms. The normalized spacial score (nSPS) is 14.5. The summed E-state index contributed by atoms with van der Waals surface area (Å²) in [4.78, 5) is 4.49. The zero-order valence-corrected chi connectivity index (χ0v) is 13.3. The van der Waals surface area contributed by atoms with E-state index in [9.17, 15) is 8.42 Å². The predicted octanol–water partition coefficient (Wildman–Crippen LogP) is 2.61. The van der Waals surface area contributed by atoms with Crippen LogP contribution in [0.15, 0.2) is 18.2 Å². The number of anilines is 1. The van der Waals surface area contributed by atoms with Gasteiger partial charge in [-0.1, -0.05) is 11.6 Å². The van der Waals surface area contributed by atoms with Crippen molar-refractivity contribution in [3.63, 3.8) is 0 Å². The van der Waals surface area contributed by atoms with Gasteiger partial charge in [0, 0.05) is 11.9 Å². The molecule has 1 aliphatic rings. The van der Waals surface area contributed by atoms with Crippen molar-refractivity contribution in [1.82, 2.24) is 4.98 Å². The van der Waals surface area contributed by atoms with Crippen LogP contribution in [0.3, 0.4) is 0 Å². The average molecular weight is 327 g/mol. The maximum atomic E-state index is 12.1. The lowest BCUT2D eigenvalue weighted by Gasteiger charge is -2.17. The molecule has 0 spiro atoms. The van der Waals surface area contributed by atoms with E-state index < -0.39 is 10.0 Å². The third kappa shape index (κ3) is 2.32. The standard InChI is InChI=1S/C14H15ClN2O3S/c1-3-21(18,19)17-5-4-9-6-10-7-13(20-2)11(15)8-12(10)16-14(9)17/h6-8H,3-5H2,1-2H3. The van der Waals surface area contributed by atoms with Crippen LogP contribution in [0, 0.1) is 0 Å². The van der Waals surface area contributed by atoms with Gasteiger partial charge in [0.15, 0.2) is 0 Å². The molecule has 0 saturated carbocycles. The molecule has 0 N–H and O–H groups in total. The van der Waals surface area contributed by atoms with Gasteiger partial charge in [-0.3, -0.25) is 4.31 Å². The summed E-state index contributed by atoms with van der Waals surface area (Å²) >= 11 is 6.11. The van der Waals surface area contributed by atoms with Gasteiger partial charge < -0.3 is 4.74 Å². The van der Waals surface area contributed by atoms with E-state index in [-0.39, 0.29) is 5.75 Å². The first kappa shape index (κ1) is 14.4. The number of pyridine rings is 1. The number of halogens is 1. The fourth-order valence-corrected chi connectivity index (χ4v) is 3.86. The molecule has 0 amide bonds. The first-order valence-corrected chi connectivity index (χ1v) is 8.62. The molecule has 3 rings (SSSR count). The Labute approximate surface area is 128 Å². The number of methoxy groups -OCH3 is 1. The van der Waals surface area contributed by atoms with Gasteiger partial charge in [0.25, 0.3) is 0 Å². The summed E-state index contributed by atoms with van der Waals surface area (Å²) in [6.07, 6.45) is 0.669. The fraction of sp³-hybridized carbons (Fsp3) is 0.357. The zero-order valence-electron chi connectivity index (χ0n) is 11.8. The van der Waals surface area contributed by atoms with Gasteiger partial charge in [0.05, 0.1) is 23.4 Å². The lowest BCUT2D eigenvalue weighted by Crippen LogP contribution is -2.31. The van der Waals surface area contributed by atoms with Crippen molar-refractivity contribution in [3.8, 4) is 5.75 Å². The SMILES string of the molecule is CCS(=O)(=O)N1CCc2cc3cc(OC)c(Cl)cc3nc21. The van der Waals surface area contributed by atoms with Crippen molar-refractivity contribution in [2.45, 2.75) is 13.3 Å². The second kappa shape index (κ2) is 5.03. The molecule has 5 nitrogen and oxygen atoms in total. The Kier molecular flexibility index (Phi) is 3.45. The van der Waals surface area contributed by atoms with Gasteiger partial charge in [0.1, 0.15) is 11.6 Å². The third-order valence-electron chi connectivity index (χ3n) is 3.67. The molecule has 1 aliphatic heterocycles. The summed E-state index contributed by atoms with van der Waals surface area (Å²) in [6.45, 7) is 2.08. The van der Waals surface area contributed by atoms with Crippen molar-refractivity contribution >= 4 is 38.3 Å². The summed E-state index contributed by atoms with van der Waals surface area (Å²) in [5.41, 5.74) is 1.60. The summed E-state index contributed by atoms with van der Waals surface area (Å²) < 4.78 is 30.8. The van der Waals surface area contributed by atoms with Crippen molar-refractivity contribution < 1.29 is 13.2 Å². The van der Waals surface area contributed by atoms with Crippen LogP contribution >= 0.6 is 11.6 Å². The van der Waals surface area contributed by atoms with Crippen molar-refractivity contribution in [1.29, 1.82) is 0 Å². The van der Waals surface area contributed by atoms with Crippen LogP contribution in [0.5, 0.6) is 5.75 Å². The number of sulfonamides is 1. The van der Waals surface area contributed by atoms with Crippen molar-refractivity contribution in [2.75, 3.05) is 23.7 Å². The summed E-state index contributed by atoms with van der Waals surface area (Å²) in [5, 5.41) is 1.35. The van der Waals surface area contributed by atoms with E-state index in [2.05, 4.69) is 4.98 Å². The summed E-state index contributed by atoms with van der Waals surface area (Å²) in [6, 6.07) is 5.48. The highest BCUT2D eigenvalue weighted by atomic mass is 35.5. The minimum atomic E-state index is -3.29. The maximum absolute atomic E-state index is 12.1. The molecule has 1 aromatic heterocycles. The number of hydrogen-bond donors (Lipinski definition) is 0. The monoisotopic (exact) mass is 326 g/mol. The van der Waals surface area contributed by atoms with Crippen LogP contribution in [-0.4, -0.2) is 32.8 Å². The molecule has 2 aromatic rings. The molecule has 0 fully saturated rings. The smallest absolute Gasteiger partial charge is 0.236 e. The topological polar surface area (TPSA) is 59.5 Å². The Morgan fingerprint density at radius 3 is 2.81 bits per heavy atom. The van der Waals surface area contributed by atoms with E-state index in [0.717, 1.165) is 10.9 Å². The molecule has 1 aromatic carbocycles. The highest BCUT2D eigenvalue weighted by Gasteiger charge is 2.30. The molecule has 0 saturated heterocycles. The van der Waals surface area contributed by atoms with Gasteiger partial charge in [0.2, 0.25) is 10.0 Å². The summed E-state index contributed by atoms with van der Waals surface area (Å²) in [7, 11) is -1.73. The Morgan fingerprint density at radius 1 is 1.38 bits per heavy atom. The van der Waals surface area contributed by atoms with Gasteiger partial charge in [-0.15, -0.1) is 0 Å². The van der Waals surface area contributed by atoms with Crippen LogP contribution in [0.4, 0.5) is 5.82 Å². The second-order valence-electron chi connectivity index (χ2n) is 4.87. The number of hydrogen-bond acceptors (Lipinski definition) is 4. The van der Waals surface area contributed by atoms with Crippen LogP contribution in [-0.2, 0) is 16.4 Å². The molecule has 2 heterocycles. The minimum absolute atomic E-state index is 0.0650. The number of aromatic nitrogens is 1. The predicted molar refractivity (Wildman–Crippen MR) is 83.8 cm³/mol. The highest BCUT2D eigenvalue weighted by Crippen LogP contribution is 2.35. The van der Waals surface area contributed by atoms with E-state index in [4.69, 9.17) is 16.3 Å². The molecule has 0 radical (unpaired) electrons. The first-order chi connectivity index (χ1) is 9.96. The minimum Gasteiger partial charge on any atom is -0.495 e. The second-order valence-corrected chi connectivity index (χ2v) is 7.46. The molecule has 0 aliphatic carbocycles. The Hall–Kier alpha value is -1.53. The van der Waals surface area contributed by atoms with E-state index in [1.54, 1.807) is 20.1 Å². The molecule has 0 bridgehead atoms. The molecular weight excluding hydrogens is 312 g/mol. The van der Waals surface area contributed by atoms with Gasteiger partial charge >= 0.3 is 0 Å². The molecular formula is C14H15ClN2O3S. The van der Waals surface area contributed by atoms with Crippen LogP contribution in [0.1, 0.15) is 12.5 Å². The number of benzene rings is 1. The lowest BCUT2D eigenvalue weighted by molar-refractivity contribution is 0.415. The molecule has 0 atom stereocenters. The third-order valence-corrected chi connectivity index (χ3v) is 5.72. The number of nitrogens with zero attached hydrogens (tertiary/aromatic N) is 2. The Morgan fingerprint density at radius 2 is 2.14 bits per heavy atom. The maximum Gasteiger partial charge on any atom is 0.236 e. The zero-order chi connectivity index (χ0) is 15.2. The Balaban J connectivity index is 2.19. The quantitative estimate of drug-likeness (QED) is 0.870. The molecule has 0 unspecified atom stereocenters. The van der Waals surface area contributed by atoms with E-state index >= 15 is 0 Å². The van der Waals surface area contributed by atoms with Gasteiger partial charge in [-0.05, 0) is 37.1 Å². The fourth-order valence-electron chi connectivity index (χ4n) is 2.52. The molecule has 21 heavy (non-hydrogen) atoms. The largest absolute Gasteiger partial charge is 0.495 e. The van der Waals surface area contributed by atoms with E-state index in [1.165, 1.54) is 4.31 Å². The lowest BCUT2D eigenvalue weighted by atomic mass is 10.1. The van der Waals surface area contributed by atoms with Gasteiger partial charge in [-0.25, -0.2) is 13.4 Å². The Bertz CT molecular complexity index is 821. The number of ether oxygens (including phenoxy) is 1. The van der Waals surface area contributed by atoms with Crippen molar-refractivity contribution in [2.24, 2.45) is 0 Å². The van der Waals surface area contributed by atoms with Crippen molar-refractivity contribution in [3.05, 3.63) is 28.8 Å². The number of rotatable bonds is 3. The van der Waals surface area contributed by atoms with E-state index in [1.807, 2.05) is 12.1 Å². The van der Waals surface area contributed by atoms with Crippen LogP contribution < -0.4 is 9.04 Å². The summed E-state index contributed by atoms with van der Waals surface area (Å²) in [5.74, 6) is 1.17. The van der Waals surface area contributed by atoms with E-state index in [0.29, 0.717) is 35.1 Å². The first-order valence-electron chi connectivity index (χ1n) is 6.64. The number of fused-ring (bicyclic) bond motifs is 2.